The maximum absolute atomic E-state index is 14.0. The summed E-state index contributed by atoms with van der Waals surface area (Å²) in [6, 6.07) is 4.73. The van der Waals surface area contributed by atoms with Crippen molar-refractivity contribution in [1.29, 1.82) is 0 Å². The van der Waals surface area contributed by atoms with Gasteiger partial charge in [0.1, 0.15) is 5.82 Å². The van der Waals surface area contributed by atoms with Gasteiger partial charge in [0.25, 0.3) is 0 Å². The fourth-order valence-electron chi connectivity index (χ4n) is 2.06. The molecule has 0 saturated carbocycles. The number of alkyl halides is 1. The van der Waals surface area contributed by atoms with Gasteiger partial charge in [-0.2, -0.15) is 0 Å². The number of likely N-dealkylation sites (N-methyl/N-ethyl adjacent to an activating group) is 1. The molecule has 0 N–H and O–H groups in total. The van der Waals surface area contributed by atoms with Crippen molar-refractivity contribution in [3.63, 3.8) is 0 Å². The summed E-state index contributed by atoms with van der Waals surface area (Å²) in [6.45, 7) is 3.50. The minimum atomic E-state index is -0.314. The molecule has 0 unspecified atom stereocenters. The zero-order valence-electron chi connectivity index (χ0n) is 10.3. The van der Waals surface area contributed by atoms with E-state index in [-0.39, 0.29) is 16.9 Å². The molecule has 0 bridgehead atoms. The van der Waals surface area contributed by atoms with Gasteiger partial charge >= 0.3 is 0 Å². The number of carbonyl (C=O) groups is 1. The van der Waals surface area contributed by atoms with Gasteiger partial charge in [-0.15, -0.1) is 0 Å². The number of piperazine rings is 1. The van der Waals surface area contributed by atoms with E-state index in [4.69, 9.17) is 0 Å². The average molecular weight is 315 g/mol. The smallest absolute Gasteiger partial charge is 0.173 e. The number of Topliss-reactive ketones (excluding diaryl/α,β-unsaturated/α-hetero) is 1. The SMILES string of the molecule is CN1CCN(c2ccc(C(=O)CBr)cc2F)CC1. The van der Waals surface area contributed by atoms with E-state index in [1.54, 1.807) is 12.1 Å². The average Bonchev–Trinajstić information content (AvgIpc) is 2.39. The number of hydrogen-bond donors (Lipinski definition) is 0. The van der Waals surface area contributed by atoms with Gasteiger partial charge in [-0.3, -0.25) is 4.79 Å². The van der Waals surface area contributed by atoms with Crippen LogP contribution in [0.5, 0.6) is 0 Å². The lowest BCUT2D eigenvalue weighted by Crippen LogP contribution is -2.44. The van der Waals surface area contributed by atoms with Crippen LogP contribution in [-0.2, 0) is 0 Å². The van der Waals surface area contributed by atoms with Crippen molar-refractivity contribution >= 4 is 27.4 Å². The molecule has 0 amide bonds. The van der Waals surface area contributed by atoms with Gasteiger partial charge < -0.3 is 9.80 Å². The third-order valence-electron chi connectivity index (χ3n) is 3.23. The largest absolute Gasteiger partial charge is 0.367 e. The molecule has 5 heteroatoms. The Morgan fingerprint density at radius 3 is 2.56 bits per heavy atom. The lowest BCUT2D eigenvalue weighted by molar-refractivity contribution is 0.102. The zero-order chi connectivity index (χ0) is 13.1. The molecule has 98 valence electrons. The molecular formula is C13H16BrFN2O. The summed E-state index contributed by atoms with van der Waals surface area (Å²) in [5.74, 6) is -0.412. The van der Waals surface area contributed by atoms with Gasteiger partial charge in [0.05, 0.1) is 11.0 Å². The van der Waals surface area contributed by atoms with Crippen LogP contribution in [0.1, 0.15) is 10.4 Å². The second-order valence-corrected chi connectivity index (χ2v) is 5.07. The highest BCUT2D eigenvalue weighted by molar-refractivity contribution is 9.09. The molecule has 0 atom stereocenters. The van der Waals surface area contributed by atoms with Crippen LogP contribution in [0.3, 0.4) is 0 Å². The molecule has 2 rings (SSSR count). The number of carbonyl (C=O) groups excluding carboxylic acids is 1. The number of benzene rings is 1. The maximum Gasteiger partial charge on any atom is 0.173 e. The highest BCUT2D eigenvalue weighted by atomic mass is 79.9. The van der Waals surface area contributed by atoms with Crippen LogP contribution in [0.2, 0.25) is 0 Å². The summed E-state index contributed by atoms with van der Waals surface area (Å²) in [7, 11) is 2.06. The van der Waals surface area contributed by atoms with Crippen LogP contribution in [-0.4, -0.2) is 49.2 Å². The molecule has 1 aliphatic rings. The van der Waals surface area contributed by atoms with E-state index in [1.165, 1.54) is 6.07 Å². The molecule has 1 aromatic carbocycles. The predicted molar refractivity (Wildman–Crippen MR) is 74.2 cm³/mol. The fourth-order valence-corrected chi connectivity index (χ4v) is 2.39. The predicted octanol–water partition coefficient (Wildman–Crippen LogP) is 2.16. The van der Waals surface area contributed by atoms with E-state index in [0.29, 0.717) is 11.3 Å². The molecule has 18 heavy (non-hydrogen) atoms. The van der Waals surface area contributed by atoms with Crippen molar-refractivity contribution in [3.8, 4) is 0 Å². The summed E-state index contributed by atoms with van der Waals surface area (Å²) >= 11 is 3.09. The molecule has 1 aromatic rings. The fraction of sp³-hybridized carbons (Fsp3) is 0.462. The highest BCUT2D eigenvalue weighted by Gasteiger charge is 2.18. The number of rotatable bonds is 3. The summed E-state index contributed by atoms with van der Waals surface area (Å²) in [6.07, 6.45) is 0. The molecule has 1 aliphatic heterocycles. The number of nitrogens with zero attached hydrogens (tertiary/aromatic N) is 2. The van der Waals surface area contributed by atoms with E-state index < -0.39 is 0 Å². The minimum Gasteiger partial charge on any atom is -0.367 e. The molecule has 1 saturated heterocycles. The Bertz CT molecular complexity index is 445. The normalized spacial score (nSPS) is 16.9. The topological polar surface area (TPSA) is 23.6 Å². The Kier molecular flexibility index (Phi) is 4.35. The van der Waals surface area contributed by atoms with E-state index in [9.17, 15) is 9.18 Å². The first-order valence-corrected chi connectivity index (χ1v) is 7.06. The number of ketones is 1. The Hall–Kier alpha value is -0.940. The summed E-state index contributed by atoms with van der Waals surface area (Å²) in [5.41, 5.74) is 1.01. The molecule has 3 nitrogen and oxygen atoms in total. The summed E-state index contributed by atoms with van der Waals surface area (Å²) in [4.78, 5) is 15.7. The van der Waals surface area contributed by atoms with Gasteiger partial charge in [0.15, 0.2) is 5.78 Å². The van der Waals surface area contributed by atoms with Gasteiger partial charge in [0, 0.05) is 31.7 Å². The zero-order valence-corrected chi connectivity index (χ0v) is 11.9. The first-order valence-electron chi connectivity index (χ1n) is 5.94. The van der Waals surface area contributed by atoms with E-state index in [0.717, 1.165) is 26.2 Å². The second kappa shape index (κ2) is 5.80. The van der Waals surface area contributed by atoms with Crippen molar-refractivity contribution < 1.29 is 9.18 Å². The quantitative estimate of drug-likeness (QED) is 0.631. The van der Waals surface area contributed by atoms with Crippen molar-refractivity contribution in [1.82, 2.24) is 4.90 Å². The molecule has 0 radical (unpaired) electrons. The molecule has 0 aromatic heterocycles. The highest BCUT2D eigenvalue weighted by Crippen LogP contribution is 2.22. The summed E-state index contributed by atoms with van der Waals surface area (Å²) in [5, 5.41) is 0.223. The van der Waals surface area contributed by atoms with E-state index in [1.807, 2.05) is 4.90 Å². The van der Waals surface area contributed by atoms with Crippen molar-refractivity contribution in [2.45, 2.75) is 0 Å². The van der Waals surface area contributed by atoms with Crippen LogP contribution in [0.4, 0.5) is 10.1 Å². The third kappa shape index (κ3) is 2.90. The Morgan fingerprint density at radius 1 is 1.33 bits per heavy atom. The van der Waals surface area contributed by atoms with Crippen molar-refractivity contribution in [3.05, 3.63) is 29.6 Å². The van der Waals surface area contributed by atoms with Gasteiger partial charge in [-0.1, -0.05) is 15.9 Å². The van der Waals surface area contributed by atoms with Gasteiger partial charge in [-0.25, -0.2) is 4.39 Å². The van der Waals surface area contributed by atoms with Crippen LogP contribution < -0.4 is 4.90 Å². The first-order chi connectivity index (χ1) is 8.61. The van der Waals surface area contributed by atoms with Crippen LogP contribution >= 0.6 is 15.9 Å². The standard InChI is InChI=1S/C13H16BrFN2O/c1-16-4-6-17(7-5-16)12-3-2-10(8-11(12)15)13(18)9-14/h2-3,8H,4-7,9H2,1H3. The van der Waals surface area contributed by atoms with Crippen LogP contribution in [0.25, 0.3) is 0 Å². The van der Waals surface area contributed by atoms with Crippen molar-refractivity contribution in [2.75, 3.05) is 43.5 Å². The Balaban J connectivity index is 2.17. The molecule has 0 aliphatic carbocycles. The maximum atomic E-state index is 14.0. The van der Waals surface area contributed by atoms with Crippen molar-refractivity contribution in [2.24, 2.45) is 0 Å². The number of hydrogen-bond acceptors (Lipinski definition) is 3. The number of anilines is 1. The van der Waals surface area contributed by atoms with Gasteiger partial charge in [0.2, 0.25) is 0 Å². The molecule has 0 spiro atoms. The lowest BCUT2D eigenvalue weighted by Gasteiger charge is -2.34. The van der Waals surface area contributed by atoms with Gasteiger partial charge in [-0.05, 0) is 25.2 Å². The monoisotopic (exact) mass is 314 g/mol. The Morgan fingerprint density at radius 2 is 2.00 bits per heavy atom. The number of halogens is 2. The second-order valence-electron chi connectivity index (χ2n) is 4.51. The van der Waals surface area contributed by atoms with E-state index >= 15 is 0 Å². The first kappa shape index (κ1) is 13.5. The van der Waals surface area contributed by atoms with E-state index in [2.05, 4.69) is 27.9 Å². The minimum absolute atomic E-state index is 0.0983. The molecular weight excluding hydrogens is 299 g/mol. The van der Waals surface area contributed by atoms with Crippen LogP contribution in [0.15, 0.2) is 18.2 Å². The third-order valence-corrected chi connectivity index (χ3v) is 3.74. The summed E-state index contributed by atoms with van der Waals surface area (Å²) < 4.78 is 14.0. The van der Waals surface area contributed by atoms with Crippen LogP contribution in [0, 0.1) is 5.82 Å². The molecule has 1 fully saturated rings. The lowest BCUT2D eigenvalue weighted by atomic mass is 10.1. The molecule has 1 heterocycles. The Labute approximate surface area is 115 Å².